The van der Waals surface area contributed by atoms with E-state index in [4.69, 9.17) is 21.1 Å². The summed E-state index contributed by atoms with van der Waals surface area (Å²) in [5.74, 6) is 2.56. The predicted octanol–water partition coefficient (Wildman–Crippen LogP) is 14.1. The minimum Gasteiger partial charge on any atom is -0.342 e. The standard InChI is InChI=1S/C20H35N3O3.C15H27N3O.C15H27NO2.C6H10ClNO.CH4.I9.HI/c1-20(2,3)26-19(25)21(4)17-12-15-8-7-9-16(13-17)23(15)14-18(24)22-10-5-6-11-22;1-16-12-9-13-5-4-6-14(10-12)18(13)11-15(19)17-7-2-3-8-17;1-15(2,3)18-14(17)16(4)13-9-11-6-5-7-12(8-11)10-13;7-5-6(9)8-3-1-2-4-8;;1-6-8(4)9(5)7(2)3;/h15-17H,5-14H2,1-4H3;12-14,16H,2-11H2,1H3;11-13H,5-10H2,1-4H3;1-5H2;1H4;;1H/q;;;;;-1;/t15-,16+,17?;12?,13-,14+;11-,12+,13?;;;;. The summed E-state index contributed by atoms with van der Waals surface area (Å²) in [5, 5.41) is 3.44. The molecule has 3 unspecified atom stereocenters. The van der Waals surface area contributed by atoms with Crippen molar-refractivity contribution in [2.75, 3.05) is 79.4 Å². The van der Waals surface area contributed by atoms with Gasteiger partial charge in [-0.1, -0.05) is 39.5 Å². The quantitative estimate of drug-likeness (QED) is 0.157. The zero-order valence-corrected chi connectivity index (χ0v) is 72.8. The molecular formula is C57H104ClI10N8O7-. The maximum absolute atomic E-state index is 12.6. The molecule has 6 bridgehead atoms. The number of piperidine rings is 4. The van der Waals surface area contributed by atoms with E-state index in [0.717, 1.165) is 102 Å². The molecule has 0 aromatic rings. The first-order valence-corrected chi connectivity index (χ1v) is 80.7. The van der Waals surface area contributed by atoms with E-state index in [2.05, 4.69) is 120 Å². The molecule has 7 aliphatic heterocycles. The number of hydrogen-bond donors (Lipinski definition) is 1. The van der Waals surface area contributed by atoms with Gasteiger partial charge in [-0.25, -0.2) is 9.59 Å². The van der Waals surface area contributed by atoms with Crippen molar-refractivity contribution >= 4 is 182 Å². The average molecular weight is 2320 g/mol. The Morgan fingerprint density at radius 3 is 1.20 bits per heavy atom. The molecule has 7 saturated heterocycles. The van der Waals surface area contributed by atoms with Crippen LogP contribution < -0.4 is 18.6 Å². The van der Waals surface area contributed by atoms with E-state index >= 15 is 0 Å². The van der Waals surface area contributed by atoms with Gasteiger partial charge in [-0.2, -0.15) is 0 Å². The van der Waals surface area contributed by atoms with E-state index in [9.17, 15) is 24.0 Å². The summed E-state index contributed by atoms with van der Waals surface area (Å²) in [4.78, 5) is 74.8. The number of nitrogens with one attached hydrogen (secondary N) is 1. The minimum atomic E-state index is -0.468. The number of likely N-dealkylation sites (tertiary alicyclic amines) is 3. The fourth-order valence-corrected chi connectivity index (χ4v) is 642. The Bertz CT molecular complexity index is 1910. The van der Waals surface area contributed by atoms with Gasteiger partial charge in [-0.05, 0) is 170 Å². The van der Waals surface area contributed by atoms with Crippen molar-refractivity contribution < 1.29 is 46.7 Å². The van der Waals surface area contributed by atoms with Crippen molar-refractivity contribution in [3.63, 3.8) is 0 Å². The van der Waals surface area contributed by atoms with Crippen molar-refractivity contribution in [3.8, 4) is 0 Å². The number of hydrogen-bond acceptors (Lipinski definition) is 10. The topological polar surface area (TPSA) is 139 Å². The third-order valence-electron chi connectivity index (χ3n) is 17.5. The van der Waals surface area contributed by atoms with E-state index in [1.807, 2.05) is 70.3 Å². The number of nitrogens with zero attached hydrogens (tertiary/aromatic N) is 7. The van der Waals surface area contributed by atoms with Gasteiger partial charge in [0.25, 0.3) is 0 Å². The van der Waals surface area contributed by atoms with Gasteiger partial charge in [0.2, 0.25) is 17.7 Å². The Hall–Kier alpha value is 4.42. The Morgan fingerprint density at radius 1 is 0.554 bits per heavy atom. The molecule has 26 heteroatoms. The van der Waals surface area contributed by atoms with Crippen molar-refractivity contribution in [3.05, 3.63) is 0 Å². The molecule has 15 nitrogen and oxygen atoms in total. The molecule has 1 N–H and O–H groups in total. The summed E-state index contributed by atoms with van der Waals surface area (Å²) < 4.78 is 11.0. The van der Waals surface area contributed by atoms with Gasteiger partial charge in [0.15, 0.2) is 0 Å². The average Bonchev–Trinajstić information content (AvgIpc) is 4.41. The molecular weight excluding hydrogens is 2210 g/mol. The fourth-order valence-electron chi connectivity index (χ4n) is 13.5. The zero-order chi connectivity index (χ0) is 59.6. The molecule has 492 valence electrons. The number of amides is 5. The molecule has 2 aliphatic carbocycles. The normalized spacial score (nSPS) is 28.0. The fraction of sp³-hybridized carbons (Fsp3) is 0.912. The van der Waals surface area contributed by atoms with Gasteiger partial charge in [0, 0.05) is 95.7 Å². The Morgan fingerprint density at radius 2 is 0.892 bits per heavy atom. The van der Waals surface area contributed by atoms with Gasteiger partial charge in [0.1, 0.15) is 17.1 Å². The van der Waals surface area contributed by atoms with Crippen molar-refractivity contribution in [2.45, 2.75) is 244 Å². The third-order valence-corrected chi connectivity index (χ3v) is 431. The molecule has 0 aromatic heterocycles. The SMILES string of the molecule is C.CN(C(=O)OC(C)(C)C)C1C[C@H]2CCC[C@@H](C1)C2.CN(C(=O)OC(C)(C)C)C1C[C@H]2CCC[C@@H](C1)N2CC(=O)N1CCCC1.CNC1C[C@H]2CCC[C@@H](C1)N2CC(=O)N1CCCC1.I.I[I-]I(I)I(I)I(I)I.O=C(CCl)N1CCCC1. The van der Waals surface area contributed by atoms with Crippen molar-refractivity contribution in [2.24, 2.45) is 11.8 Å². The number of rotatable bonds is 11. The van der Waals surface area contributed by atoms with E-state index in [1.165, 1.54) is 89.9 Å². The van der Waals surface area contributed by atoms with Gasteiger partial charge < -0.3 is 39.3 Å². The van der Waals surface area contributed by atoms with Crippen LogP contribution in [0.15, 0.2) is 0 Å². The zero-order valence-electron chi connectivity index (χ0n) is 50.3. The van der Waals surface area contributed by atoms with Crippen LogP contribution in [0, 0.1) is 11.8 Å². The van der Waals surface area contributed by atoms with Gasteiger partial charge in [-0.15, -0.1) is 35.6 Å². The van der Waals surface area contributed by atoms with Crippen LogP contribution in [0.3, 0.4) is 0 Å². The molecule has 0 radical (unpaired) electrons. The number of fused-ring (bicyclic) bond motifs is 6. The molecule has 9 fully saturated rings. The second-order valence-electron chi connectivity index (χ2n) is 25.5. The second-order valence-corrected chi connectivity index (χ2v) is 188. The largest absolute Gasteiger partial charge is 0.342 e. The maximum atomic E-state index is 12.6. The van der Waals surface area contributed by atoms with Gasteiger partial charge >= 0.3 is 142 Å². The number of halogens is 11. The molecule has 7 heterocycles. The minimum absolute atomic E-state index is 0. The molecule has 9 aliphatic rings. The number of carbonyl (C=O) groups is 5. The molecule has 2 saturated carbocycles. The van der Waals surface area contributed by atoms with Gasteiger partial charge in [0.05, 0.1) is 13.1 Å². The van der Waals surface area contributed by atoms with Crippen molar-refractivity contribution in [1.82, 2.24) is 39.6 Å². The summed E-state index contributed by atoms with van der Waals surface area (Å²) in [7, 11) is 5.04. The van der Waals surface area contributed by atoms with E-state index in [1.54, 1.807) is 4.90 Å². The predicted molar refractivity (Wildman–Crippen MR) is 420 cm³/mol. The molecule has 0 spiro atoms. The molecule has 5 amide bonds. The second kappa shape index (κ2) is 41.4. The van der Waals surface area contributed by atoms with E-state index < -0.39 is 11.2 Å². The van der Waals surface area contributed by atoms with Crippen molar-refractivity contribution in [1.29, 1.82) is 0 Å². The Labute approximate surface area is 593 Å². The van der Waals surface area contributed by atoms with Crippen LogP contribution in [-0.4, -0.2) is 197 Å². The van der Waals surface area contributed by atoms with Crippen LogP contribution >= 0.6 is 152 Å². The van der Waals surface area contributed by atoms with Crippen LogP contribution in [0.25, 0.3) is 0 Å². The first kappa shape index (κ1) is 81.7. The van der Waals surface area contributed by atoms with Crippen LogP contribution in [0.5, 0.6) is 0 Å². The van der Waals surface area contributed by atoms with E-state index in [-0.39, 0.29) is 85.1 Å². The molecule has 83 heavy (non-hydrogen) atoms. The van der Waals surface area contributed by atoms with Crippen LogP contribution in [0.4, 0.5) is 9.59 Å². The van der Waals surface area contributed by atoms with E-state index in [0.29, 0.717) is 74.4 Å². The Kier molecular flexibility index (Phi) is 40.7. The smallest absolute Gasteiger partial charge is 0.237 e. The number of alkyl halides is 1. The maximum Gasteiger partial charge on any atom is 0.237 e. The summed E-state index contributed by atoms with van der Waals surface area (Å²) >= 11 is 19.9. The summed E-state index contributed by atoms with van der Waals surface area (Å²) in [6.07, 6.45) is 26.1. The van der Waals surface area contributed by atoms with Crippen LogP contribution in [-0.2, 0) is 23.9 Å². The summed E-state index contributed by atoms with van der Waals surface area (Å²) in [6.45, 7) is 18.3. The number of carbonyl (C=O) groups excluding carboxylic acids is 5. The number of ether oxygens (including phenoxy) is 2. The Balaban J connectivity index is 0.000000285. The first-order chi connectivity index (χ1) is 38.3. The summed E-state index contributed by atoms with van der Waals surface area (Å²) in [5.41, 5.74) is -0.861. The molecule has 9 rings (SSSR count). The molecule has 0 aromatic carbocycles. The molecule has 9 atom stereocenters. The van der Waals surface area contributed by atoms with Crippen LogP contribution in [0.2, 0.25) is 0 Å². The van der Waals surface area contributed by atoms with Gasteiger partial charge in [-0.3, -0.25) is 24.2 Å². The summed E-state index contributed by atoms with van der Waals surface area (Å²) in [6, 6.07) is 3.34. The van der Waals surface area contributed by atoms with Crippen LogP contribution in [0.1, 0.15) is 190 Å². The monoisotopic (exact) mass is 2320 g/mol. The first-order valence-electron chi connectivity index (χ1n) is 29.9. The third kappa shape index (κ3) is 28.3.